The lowest BCUT2D eigenvalue weighted by Crippen LogP contribution is -2.53. The van der Waals surface area contributed by atoms with Crippen LogP contribution in [0.25, 0.3) is 0 Å². The molecule has 1 unspecified atom stereocenters. The monoisotopic (exact) mass is 249 g/mol. The first-order valence-corrected chi connectivity index (χ1v) is 6.75. The molecular formula is C15H23NO2. The van der Waals surface area contributed by atoms with Crippen molar-refractivity contribution in [2.75, 3.05) is 6.61 Å². The van der Waals surface area contributed by atoms with Gasteiger partial charge >= 0.3 is 0 Å². The summed E-state index contributed by atoms with van der Waals surface area (Å²) < 4.78 is 11.7. The van der Waals surface area contributed by atoms with E-state index in [1.807, 2.05) is 18.2 Å². The molecule has 4 atom stereocenters. The van der Waals surface area contributed by atoms with Gasteiger partial charge in [0.25, 0.3) is 0 Å². The third kappa shape index (κ3) is 3.10. The van der Waals surface area contributed by atoms with Gasteiger partial charge in [-0.1, -0.05) is 44.2 Å². The van der Waals surface area contributed by atoms with Gasteiger partial charge in [-0.25, -0.2) is 0 Å². The van der Waals surface area contributed by atoms with Gasteiger partial charge in [0, 0.05) is 5.92 Å². The lowest BCUT2D eigenvalue weighted by Gasteiger charge is -2.39. The molecule has 2 N–H and O–H groups in total. The molecular weight excluding hydrogens is 226 g/mol. The van der Waals surface area contributed by atoms with Crippen LogP contribution in [0, 0.1) is 5.92 Å². The molecule has 0 aliphatic carbocycles. The van der Waals surface area contributed by atoms with Crippen molar-refractivity contribution in [3.05, 3.63) is 35.9 Å². The van der Waals surface area contributed by atoms with Gasteiger partial charge in [0.1, 0.15) is 0 Å². The van der Waals surface area contributed by atoms with Crippen molar-refractivity contribution in [3.8, 4) is 0 Å². The highest BCUT2D eigenvalue weighted by Gasteiger charge is 2.35. The van der Waals surface area contributed by atoms with Crippen molar-refractivity contribution in [3.63, 3.8) is 0 Å². The van der Waals surface area contributed by atoms with Gasteiger partial charge in [-0.2, -0.15) is 0 Å². The Hall–Kier alpha value is -0.900. The molecule has 1 aromatic carbocycles. The fraction of sp³-hybridized carbons (Fsp3) is 0.600. The van der Waals surface area contributed by atoms with Gasteiger partial charge in [-0.3, -0.25) is 0 Å². The predicted molar refractivity (Wildman–Crippen MR) is 72.2 cm³/mol. The SMILES string of the molecule is CC[C@H]1OCC(N)[C@@H](OCc2ccccc2)[C@H]1C. The van der Waals surface area contributed by atoms with Gasteiger partial charge in [0.15, 0.2) is 0 Å². The highest BCUT2D eigenvalue weighted by molar-refractivity contribution is 5.13. The number of ether oxygens (including phenoxy) is 2. The standard InChI is InChI=1S/C15H23NO2/c1-3-14-11(2)15(13(16)10-17-14)18-9-12-7-5-4-6-8-12/h4-8,11,13-15H,3,9-10,16H2,1-2H3/t11-,13?,14+,15-/m0/s1. The molecule has 0 bridgehead atoms. The zero-order valence-electron chi connectivity index (χ0n) is 11.2. The number of nitrogens with two attached hydrogens (primary N) is 1. The van der Waals surface area contributed by atoms with Crippen molar-refractivity contribution in [1.82, 2.24) is 0 Å². The molecule has 3 nitrogen and oxygen atoms in total. The maximum Gasteiger partial charge on any atom is 0.0803 e. The van der Waals surface area contributed by atoms with Crippen molar-refractivity contribution < 1.29 is 9.47 Å². The maximum absolute atomic E-state index is 6.10. The zero-order chi connectivity index (χ0) is 13.0. The van der Waals surface area contributed by atoms with Gasteiger partial charge in [0.05, 0.1) is 31.5 Å². The summed E-state index contributed by atoms with van der Waals surface area (Å²) in [5, 5.41) is 0. The van der Waals surface area contributed by atoms with Gasteiger partial charge in [-0.15, -0.1) is 0 Å². The molecule has 0 amide bonds. The molecule has 1 aromatic rings. The first kappa shape index (κ1) is 13.5. The van der Waals surface area contributed by atoms with E-state index in [0.29, 0.717) is 19.1 Å². The summed E-state index contributed by atoms with van der Waals surface area (Å²) in [4.78, 5) is 0. The maximum atomic E-state index is 6.10. The van der Waals surface area contributed by atoms with Crippen LogP contribution in [-0.2, 0) is 16.1 Å². The first-order chi connectivity index (χ1) is 8.72. The van der Waals surface area contributed by atoms with Crippen molar-refractivity contribution in [2.45, 2.75) is 45.1 Å². The fourth-order valence-corrected chi connectivity index (χ4v) is 2.61. The van der Waals surface area contributed by atoms with Crippen LogP contribution in [0.5, 0.6) is 0 Å². The van der Waals surface area contributed by atoms with Crippen LogP contribution in [0.2, 0.25) is 0 Å². The highest BCUT2D eigenvalue weighted by Crippen LogP contribution is 2.25. The number of benzene rings is 1. The molecule has 0 aromatic heterocycles. The first-order valence-electron chi connectivity index (χ1n) is 6.75. The third-order valence-electron chi connectivity index (χ3n) is 3.72. The number of hydrogen-bond donors (Lipinski definition) is 1. The minimum atomic E-state index is -0.0217. The van der Waals surface area contributed by atoms with Gasteiger partial charge in [0.2, 0.25) is 0 Å². The second-order valence-electron chi connectivity index (χ2n) is 5.06. The summed E-state index contributed by atoms with van der Waals surface area (Å²) in [6.07, 6.45) is 1.37. The normalized spacial score (nSPS) is 32.4. The summed E-state index contributed by atoms with van der Waals surface area (Å²) in [5.74, 6) is 0.350. The largest absolute Gasteiger partial charge is 0.376 e. The van der Waals surface area contributed by atoms with Crippen LogP contribution in [0.4, 0.5) is 0 Å². The molecule has 18 heavy (non-hydrogen) atoms. The smallest absolute Gasteiger partial charge is 0.0803 e. The lowest BCUT2D eigenvalue weighted by atomic mass is 9.89. The summed E-state index contributed by atoms with van der Waals surface area (Å²) >= 11 is 0. The Morgan fingerprint density at radius 2 is 2.06 bits per heavy atom. The zero-order valence-corrected chi connectivity index (χ0v) is 11.2. The van der Waals surface area contributed by atoms with Crippen LogP contribution in [0.1, 0.15) is 25.8 Å². The van der Waals surface area contributed by atoms with Crippen molar-refractivity contribution in [1.29, 1.82) is 0 Å². The average molecular weight is 249 g/mol. The van der Waals surface area contributed by atoms with Crippen LogP contribution < -0.4 is 5.73 Å². The summed E-state index contributed by atoms with van der Waals surface area (Å²) in [5.41, 5.74) is 7.29. The van der Waals surface area contributed by atoms with E-state index in [2.05, 4.69) is 26.0 Å². The quantitative estimate of drug-likeness (QED) is 0.890. The molecule has 0 radical (unpaired) electrons. The Kier molecular flexibility index (Phi) is 4.75. The Morgan fingerprint density at radius 1 is 1.33 bits per heavy atom. The van der Waals surface area contributed by atoms with Crippen LogP contribution >= 0.6 is 0 Å². The molecule has 0 spiro atoms. The van der Waals surface area contributed by atoms with Gasteiger partial charge in [-0.05, 0) is 12.0 Å². The highest BCUT2D eigenvalue weighted by atomic mass is 16.5. The molecule has 1 saturated heterocycles. The van der Waals surface area contributed by atoms with Crippen LogP contribution in [-0.4, -0.2) is 24.9 Å². The summed E-state index contributed by atoms with van der Waals surface area (Å²) in [6.45, 7) is 5.54. The van der Waals surface area contributed by atoms with Crippen LogP contribution in [0.3, 0.4) is 0 Å². The topological polar surface area (TPSA) is 44.5 Å². The lowest BCUT2D eigenvalue weighted by molar-refractivity contribution is -0.128. The Balaban J connectivity index is 1.94. The van der Waals surface area contributed by atoms with E-state index in [1.165, 1.54) is 5.56 Å². The summed E-state index contributed by atoms with van der Waals surface area (Å²) in [6, 6.07) is 10.2. The molecule has 2 rings (SSSR count). The fourth-order valence-electron chi connectivity index (χ4n) is 2.61. The number of rotatable bonds is 4. The van der Waals surface area contributed by atoms with Crippen molar-refractivity contribution in [2.24, 2.45) is 11.7 Å². The third-order valence-corrected chi connectivity index (χ3v) is 3.72. The van der Waals surface area contributed by atoms with Crippen LogP contribution in [0.15, 0.2) is 30.3 Å². The van der Waals surface area contributed by atoms with E-state index in [1.54, 1.807) is 0 Å². The van der Waals surface area contributed by atoms with E-state index >= 15 is 0 Å². The van der Waals surface area contributed by atoms with Gasteiger partial charge < -0.3 is 15.2 Å². The minimum absolute atomic E-state index is 0.0217. The Morgan fingerprint density at radius 3 is 2.72 bits per heavy atom. The molecule has 100 valence electrons. The van der Waals surface area contributed by atoms with E-state index in [9.17, 15) is 0 Å². The second-order valence-corrected chi connectivity index (χ2v) is 5.06. The predicted octanol–water partition coefficient (Wildman–Crippen LogP) is 2.34. The molecule has 1 aliphatic rings. The Bertz CT molecular complexity index is 355. The van der Waals surface area contributed by atoms with Crippen molar-refractivity contribution >= 4 is 0 Å². The van der Waals surface area contributed by atoms with E-state index in [0.717, 1.165) is 6.42 Å². The van der Waals surface area contributed by atoms with E-state index in [-0.39, 0.29) is 18.2 Å². The Labute approximate surface area is 109 Å². The average Bonchev–Trinajstić information content (AvgIpc) is 2.40. The second kappa shape index (κ2) is 6.32. The van der Waals surface area contributed by atoms with E-state index < -0.39 is 0 Å². The minimum Gasteiger partial charge on any atom is -0.376 e. The molecule has 3 heteroatoms. The van der Waals surface area contributed by atoms with E-state index in [4.69, 9.17) is 15.2 Å². The molecule has 0 saturated carbocycles. The molecule has 1 aliphatic heterocycles. The summed E-state index contributed by atoms with van der Waals surface area (Å²) in [7, 11) is 0. The molecule has 1 fully saturated rings. The number of hydrogen-bond acceptors (Lipinski definition) is 3. The molecule has 1 heterocycles.